The second-order valence-corrected chi connectivity index (χ2v) is 6.78. The average molecular weight is 313 g/mol. The van der Waals surface area contributed by atoms with Gasteiger partial charge in [0.15, 0.2) is 0 Å². The Kier molecular flexibility index (Phi) is 6.33. The van der Waals surface area contributed by atoms with Gasteiger partial charge in [-0.1, -0.05) is 28.1 Å². The zero-order valence-electron chi connectivity index (χ0n) is 12.0. The highest BCUT2D eigenvalue weighted by Crippen LogP contribution is 2.12. The van der Waals surface area contributed by atoms with Crippen LogP contribution in [0.2, 0.25) is 0 Å². The Hall–Kier alpha value is -0.380. The molecule has 0 aliphatic rings. The normalized spacial score (nSPS) is 12.1. The fourth-order valence-electron chi connectivity index (χ4n) is 1.75. The van der Waals surface area contributed by atoms with Crippen LogP contribution in [-0.2, 0) is 6.42 Å². The Morgan fingerprint density at radius 1 is 1.22 bits per heavy atom. The summed E-state index contributed by atoms with van der Waals surface area (Å²) in [5, 5.41) is 3.51. The number of halogens is 1. The largest absolute Gasteiger partial charge is 0.311 e. The molecule has 1 rings (SSSR count). The molecule has 2 nitrogen and oxygen atoms in total. The summed E-state index contributed by atoms with van der Waals surface area (Å²) in [7, 11) is 2.18. The van der Waals surface area contributed by atoms with Crippen LogP contribution in [0.25, 0.3) is 0 Å². The smallest absolute Gasteiger partial charge is 0.0178 e. The molecular weight excluding hydrogens is 288 g/mol. The first-order chi connectivity index (χ1) is 8.37. The maximum absolute atomic E-state index is 3.51. The van der Waals surface area contributed by atoms with E-state index in [0.717, 1.165) is 30.5 Å². The lowest BCUT2D eigenvalue weighted by atomic mass is 10.1. The van der Waals surface area contributed by atoms with Crippen LogP contribution in [0, 0.1) is 0 Å². The lowest BCUT2D eigenvalue weighted by molar-refractivity contribution is 0.312. The molecule has 1 aromatic rings. The molecule has 0 bridgehead atoms. The van der Waals surface area contributed by atoms with Crippen LogP contribution in [0.5, 0.6) is 0 Å². The molecule has 3 heteroatoms. The second-order valence-electron chi connectivity index (χ2n) is 5.86. The minimum atomic E-state index is 0.213. The number of nitrogens with zero attached hydrogens (tertiary/aromatic N) is 1. The van der Waals surface area contributed by atoms with Gasteiger partial charge in [0.05, 0.1) is 0 Å². The molecule has 0 aromatic heterocycles. The third kappa shape index (κ3) is 7.14. The van der Waals surface area contributed by atoms with Gasteiger partial charge >= 0.3 is 0 Å². The Morgan fingerprint density at radius 3 is 2.56 bits per heavy atom. The fourth-order valence-corrected chi connectivity index (χ4v) is 2.19. The van der Waals surface area contributed by atoms with Crippen molar-refractivity contribution < 1.29 is 0 Å². The topological polar surface area (TPSA) is 15.3 Å². The van der Waals surface area contributed by atoms with E-state index in [0.29, 0.717) is 0 Å². The van der Waals surface area contributed by atoms with E-state index in [1.54, 1.807) is 0 Å². The second kappa shape index (κ2) is 7.27. The summed E-state index contributed by atoms with van der Waals surface area (Å²) in [4.78, 5) is 2.37. The van der Waals surface area contributed by atoms with Crippen molar-refractivity contribution in [2.75, 3.05) is 26.7 Å². The molecule has 102 valence electrons. The van der Waals surface area contributed by atoms with E-state index in [4.69, 9.17) is 0 Å². The molecule has 0 unspecified atom stereocenters. The molecule has 1 aromatic carbocycles. The van der Waals surface area contributed by atoms with Gasteiger partial charge in [-0.3, -0.25) is 0 Å². The van der Waals surface area contributed by atoms with E-state index in [1.807, 2.05) is 0 Å². The Morgan fingerprint density at radius 2 is 1.94 bits per heavy atom. The number of rotatable bonds is 6. The first kappa shape index (κ1) is 15.7. The highest BCUT2D eigenvalue weighted by Gasteiger charge is 2.08. The standard InChI is InChI=1S/C15H25BrN2/c1-15(2,3)17-9-11-18(4)10-8-13-6-5-7-14(16)12-13/h5-7,12,17H,8-11H2,1-4H3. The first-order valence-electron chi connectivity index (χ1n) is 6.55. The van der Waals surface area contributed by atoms with Crippen LogP contribution >= 0.6 is 15.9 Å². The molecule has 0 saturated heterocycles. The van der Waals surface area contributed by atoms with Gasteiger partial charge in [-0.15, -0.1) is 0 Å². The van der Waals surface area contributed by atoms with Gasteiger partial charge in [0.1, 0.15) is 0 Å². The first-order valence-corrected chi connectivity index (χ1v) is 7.34. The molecule has 1 N–H and O–H groups in total. The maximum atomic E-state index is 3.51. The lowest BCUT2D eigenvalue weighted by Crippen LogP contribution is -2.40. The number of benzene rings is 1. The van der Waals surface area contributed by atoms with Gasteiger partial charge in [0, 0.05) is 29.6 Å². The third-order valence-corrected chi connectivity index (χ3v) is 3.31. The van der Waals surface area contributed by atoms with E-state index in [2.05, 4.69) is 78.2 Å². The van der Waals surface area contributed by atoms with Crippen molar-refractivity contribution in [2.24, 2.45) is 0 Å². The molecular formula is C15H25BrN2. The number of hydrogen-bond donors (Lipinski definition) is 1. The molecule has 0 amide bonds. The summed E-state index contributed by atoms with van der Waals surface area (Å²) < 4.78 is 1.16. The number of nitrogens with one attached hydrogen (secondary N) is 1. The van der Waals surface area contributed by atoms with Gasteiger partial charge in [0.25, 0.3) is 0 Å². The van der Waals surface area contributed by atoms with E-state index >= 15 is 0 Å². The molecule has 0 aliphatic carbocycles. The van der Waals surface area contributed by atoms with E-state index in [-0.39, 0.29) is 5.54 Å². The van der Waals surface area contributed by atoms with Crippen molar-refractivity contribution in [3.05, 3.63) is 34.3 Å². The summed E-state index contributed by atoms with van der Waals surface area (Å²) in [6, 6.07) is 8.55. The average Bonchev–Trinajstić information content (AvgIpc) is 2.25. The van der Waals surface area contributed by atoms with Gasteiger partial charge in [-0.05, 0) is 51.9 Å². The summed E-state index contributed by atoms with van der Waals surface area (Å²) in [5.74, 6) is 0. The van der Waals surface area contributed by atoms with Crippen molar-refractivity contribution in [3.63, 3.8) is 0 Å². The Labute approximate surface area is 120 Å². The SMILES string of the molecule is CN(CCNC(C)(C)C)CCc1cccc(Br)c1. The van der Waals surface area contributed by atoms with Crippen molar-refractivity contribution in [1.29, 1.82) is 0 Å². The summed E-state index contributed by atoms with van der Waals surface area (Å²) in [5.41, 5.74) is 1.60. The van der Waals surface area contributed by atoms with Crippen LogP contribution in [0.15, 0.2) is 28.7 Å². The lowest BCUT2D eigenvalue weighted by Gasteiger charge is -2.23. The Balaban J connectivity index is 2.23. The number of likely N-dealkylation sites (N-methyl/N-ethyl adjacent to an activating group) is 1. The minimum Gasteiger partial charge on any atom is -0.311 e. The minimum absolute atomic E-state index is 0.213. The van der Waals surface area contributed by atoms with Crippen LogP contribution in [0.3, 0.4) is 0 Å². The van der Waals surface area contributed by atoms with E-state index in [9.17, 15) is 0 Å². The highest BCUT2D eigenvalue weighted by atomic mass is 79.9. The predicted molar refractivity (Wildman–Crippen MR) is 83.1 cm³/mol. The molecule has 18 heavy (non-hydrogen) atoms. The van der Waals surface area contributed by atoms with Crippen LogP contribution < -0.4 is 5.32 Å². The van der Waals surface area contributed by atoms with Crippen LogP contribution in [0.1, 0.15) is 26.3 Å². The van der Waals surface area contributed by atoms with Gasteiger partial charge in [0.2, 0.25) is 0 Å². The fraction of sp³-hybridized carbons (Fsp3) is 0.600. The molecule has 0 fully saturated rings. The molecule has 0 saturated carbocycles. The Bertz CT molecular complexity index is 358. The molecule has 0 radical (unpaired) electrons. The van der Waals surface area contributed by atoms with Gasteiger partial charge in [-0.2, -0.15) is 0 Å². The summed E-state index contributed by atoms with van der Waals surface area (Å²) in [6.07, 6.45) is 1.10. The molecule has 0 aliphatic heterocycles. The predicted octanol–water partition coefficient (Wildman–Crippen LogP) is 3.31. The van der Waals surface area contributed by atoms with Crippen LogP contribution in [0.4, 0.5) is 0 Å². The quantitative estimate of drug-likeness (QED) is 0.867. The zero-order valence-corrected chi connectivity index (χ0v) is 13.5. The summed E-state index contributed by atoms with van der Waals surface area (Å²) >= 11 is 3.51. The van der Waals surface area contributed by atoms with E-state index < -0.39 is 0 Å². The zero-order chi connectivity index (χ0) is 13.6. The number of hydrogen-bond acceptors (Lipinski definition) is 2. The molecule has 0 spiro atoms. The highest BCUT2D eigenvalue weighted by molar-refractivity contribution is 9.10. The van der Waals surface area contributed by atoms with Crippen molar-refractivity contribution in [2.45, 2.75) is 32.7 Å². The monoisotopic (exact) mass is 312 g/mol. The van der Waals surface area contributed by atoms with Gasteiger partial charge < -0.3 is 10.2 Å². The molecule has 0 heterocycles. The van der Waals surface area contributed by atoms with Crippen molar-refractivity contribution >= 4 is 15.9 Å². The van der Waals surface area contributed by atoms with Crippen LogP contribution in [-0.4, -0.2) is 37.1 Å². The third-order valence-electron chi connectivity index (χ3n) is 2.82. The van der Waals surface area contributed by atoms with E-state index in [1.165, 1.54) is 5.56 Å². The van der Waals surface area contributed by atoms with Crippen molar-refractivity contribution in [3.8, 4) is 0 Å². The van der Waals surface area contributed by atoms with Crippen molar-refractivity contribution in [1.82, 2.24) is 10.2 Å². The maximum Gasteiger partial charge on any atom is 0.0178 e. The molecule has 0 atom stereocenters. The van der Waals surface area contributed by atoms with Gasteiger partial charge in [-0.25, -0.2) is 0 Å². The summed E-state index contributed by atoms with van der Waals surface area (Å²) in [6.45, 7) is 9.84.